The molecule has 132 valence electrons. The van der Waals surface area contributed by atoms with Gasteiger partial charge in [0.25, 0.3) is 0 Å². The van der Waals surface area contributed by atoms with Crippen LogP contribution in [-0.4, -0.2) is 29.6 Å². The lowest BCUT2D eigenvalue weighted by Crippen LogP contribution is -2.11. The van der Waals surface area contributed by atoms with Gasteiger partial charge < -0.3 is 5.73 Å². The van der Waals surface area contributed by atoms with Crippen LogP contribution in [0.5, 0.6) is 0 Å². The molecule has 7 heteroatoms. The molecule has 1 aromatic carbocycles. The standard InChI is InChI=1S/C18H22N4O2S/c1-4-16-17(25(23,24)14-8-6-5-7-9-14)18-20-12(2)15(10-11-19)13(3)22(18)21-16/h5-9H,4,10-11,19H2,1-3H3. The summed E-state index contributed by atoms with van der Waals surface area (Å²) in [5.74, 6) is 0. The molecule has 0 unspecified atom stereocenters. The second-order valence-corrected chi connectivity index (χ2v) is 7.87. The minimum atomic E-state index is -3.69. The van der Waals surface area contributed by atoms with E-state index in [-0.39, 0.29) is 9.79 Å². The van der Waals surface area contributed by atoms with E-state index < -0.39 is 9.84 Å². The average Bonchev–Trinajstić information content (AvgIpc) is 2.98. The Balaban J connectivity index is 2.36. The van der Waals surface area contributed by atoms with Gasteiger partial charge in [-0.3, -0.25) is 0 Å². The van der Waals surface area contributed by atoms with E-state index in [9.17, 15) is 8.42 Å². The largest absolute Gasteiger partial charge is 0.330 e. The number of hydrogen-bond donors (Lipinski definition) is 1. The first-order valence-corrected chi connectivity index (χ1v) is 9.78. The molecule has 0 spiro atoms. The van der Waals surface area contributed by atoms with E-state index in [1.54, 1.807) is 34.8 Å². The summed E-state index contributed by atoms with van der Waals surface area (Å²) in [7, 11) is -3.69. The van der Waals surface area contributed by atoms with Crippen LogP contribution >= 0.6 is 0 Å². The van der Waals surface area contributed by atoms with Gasteiger partial charge in [-0.25, -0.2) is 17.9 Å². The molecule has 25 heavy (non-hydrogen) atoms. The summed E-state index contributed by atoms with van der Waals surface area (Å²) in [5.41, 5.74) is 9.31. The van der Waals surface area contributed by atoms with Crippen molar-refractivity contribution >= 4 is 15.5 Å². The summed E-state index contributed by atoms with van der Waals surface area (Å²) >= 11 is 0. The van der Waals surface area contributed by atoms with Crippen molar-refractivity contribution in [3.8, 4) is 0 Å². The van der Waals surface area contributed by atoms with Gasteiger partial charge in [0.15, 0.2) is 5.65 Å². The fraction of sp³-hybridized carbons (Fsp3) is 0.333. The number of benzene rings is 1. The molecule has 0 fully saturated rings. The smallest absolute Gasteiger partial charge is 0.212 e. The molecule has 0 bridgehead atoms. The lowest BCUT2D eigenvalue weighted by molar-refractivity contribution is 0.595. The minimum absolute atomic E-state index is 0.201. The van der Waals surface area contributed by atoms with E-state index in [1.165, 1.54) is 0 Å². The van der Waals surface area contributed by atoms with Crippen LogP contribution in [0.1, 0.15) is 29.6 Å². The Morgan fingerprint density at radius 2 is 1.84 bits per heavy atom. The highest BCUT2D eigenvalue weighted by Gasteiger charge is 2.29. The number of hydrogen-bond acceptors (Lipinski definition) is 5. The van der Waals surface area contributed by atoms with Gasteiger partial charge in [0.05, 0.1) is 10.6 Å². The SMILES string of the molecule is CCc1nn2c(C)c(CCN)c(C)nc2c1S(=O)(=O)c1ccccc1. The van der Waals surface area contributed by atoms with Gasteiger partial charge in [-0.05, 0) is 50.9 Å². The predicted octanol–water partition coefficient (Wildman–Crippen LogP) is 2.24. The zero-order valence-electron chi connectivity index (χ0n) is 14.7. The first kappa shape index (κ1) is 17.6. The first-order chi connectivity index (χ1) is 11.9. The first-order valence-electron chi connectivity index (χ1n) is 8.29. The number of nitrogens with two attached hydrogens (primary N) is 1. The molecule has 0 saturated carbocycles. The van der Waals surface area contributed by atoms with Gasteiger partial charge in [-0.2, -0.15) is 5.10 Å². The summed E-state index contributed by atoms with van der Waals surface area (Å²) in [6.07, 6.45) is 1.19. The number of nitrogens with zero attached hydrogens (tertiary/aromatic N) is 3. The van der Waals surface area contributed by atoms with Gasteiger partial charge in [0.2, 0.25) is 9.84 Å². The third-order valence-electron chi connectivity index (χ3n) is 4.40. The van der Waals surface area contributed by atoms with Crippen LogP contribution in [0.2, 0.25) is 0 Å². The second-order valence-electron chi connectivity index (χ2n) is 5.98. The van der Waals surface area contributed by atoms with Crippen LogP contribution in [0.3, 0.4) is 0 Å². The van der Waals surface area contributed by atoms with E-state index in [0.717, 1.165) is 17.0 Å². The lowest BCUT2D eigenvalue weighted by atomic mass is 10.1. The molecule has 0 atom stereocenters. The topological polar surface area (TPSA) is 90.3 Å². The molecule has 2 heterocycles. The zero-order valence-corrected chi connectivity index (χ0v) is 15.5. The number of aryl methyl sites for hydroxylation is 3. The van der Waals surface area contributed by atoms with E-state index in [2.05, 4.69) is 10.1 Å². The quantitative estimate of drug-likeness (QED) is 0.755. The Hall–Kier alpha value is -2.25. The Morgan fingerprint density at radius 3 is 2.44 bits per heavy atom. The third-order valence-corrected chi connectivity index (χ3v) is 6.25. The van der Waals surface area contributed by atoms with Crippen LogP contribution < -0.4 is 5.73 Å². The van der Waals surface area contributed by atoms with E-state index in [4.69, 9.17) is 5.73 Å². The minimum Gasteiger partial charge on any atom is -0.330 e. The van der Waals surface area contributed by atoms with Gasteiger partial charge >= 0.3 is 0 Å². The molecular formula is C18H22N4O2S. The third kappa shape index (κ3) is 2.83. The molecule has 0 saturated heterocycles. The predicted molar refractivity (Wildman–Crippen MR) is 96.5 cm³/mol. The van der Waals surface area contributed by atoms with E-state index in [1.807, 2.05) is 20.8 Å². The van der Waals surface area contributed by atoms with Crippen molar-refractivity contribution < 1.29 is 8.42 Å². The van der Waals surface area contributed by atoms with Gasteiger partial charge in [-0.1, -0.05) is 25.1 Å². The van der Waals surface area contributed by atoms with Crippen LogP contribution in [0.4, 0.5) is 0 Å². The Kier molecular flexibility index (Phi) is 4.62. The number of sulfone groups is 1. The van der Waals surface area contributed by atoms with Crippen molar-refractivity contribution in [1.29, 1.82) is 0 Å². The summed E-state index contributed by atoms with van der Waals surface area (Å²) in [4.78, 5) is 5.03. The molecule has 0 amide bonds. The molecule has 0 aliphatic carbocycles. The molecule has 3 aromatic rings. The van der Waals surface area contributed by atoms with Crippen LogP contribution in [0.25, 0.3) is 5.65 Å². The fourth-order valence-corrected chi connectivity index (χ4v) is 4.74. The Morgan fingerprint density at radius 1 is 1.16 bits per heavy atom. The van der Waals surface area contributed by atoms with E-state index in [0.29, 0.717) is 30.7 Å². The molecule has 2 N–H and O–H groups in total. The lowest BCUT2D eigenvalue weighted by Gasteiger charge is -2.10. The maximum Gasteiger partial charge on any atom is 0.212 e. The average molecular weight is 358 g/mol. The highest BCUT2D eigenvalue weighted by atomic mass is 32.2. The van der Waals surface area contributed by atoms with Crippen LogP contribution in [0, 0.1) is 13.8 Å². The monoisotopic (exact) mass is 358 g/mol. The maximum atomic E-state index is 13.2. The van der Waals surface area contributed by atoms with Crippen LogP contribution in [-0.2, 0) is 22.7 Å². The van der Waals surface area contributed by atoms with E-state index >= 15 is 0 Å². The maximum absolute atomic E-state index is 13.2. The summed E-state index contributed by atoms with van der Waals surface area (Å²) in [6.45, 7) is 6.22. The van der Waals surface area contributed by atoms with Crippen molar-refractivity contribution in [2.24, 2.45) is 5.73 Å². The van der Waals surface area contributed by atoms with Crippen molar-refractivity contribution in [3.05, 3.63) is 53.0 Å². The van der Waals surface area contributed by atoms with Crippen LogP contribution in [0.15, 0.2) is 40.1 Å². The second kappa shape index (κ2) is 6.57. The number of fused-ring (bicyclic) bond motifs is 1. The molecular weight excluding hydrogens is 336 g/mol. The fourth-order valence-electron chi connectivity index (χ4n) is 3.12. The van der Waals surface area contributed by atoms with Gasteiger partial charge in [-0.15, -0.1) is 0 Å². The van der Waals surface area contributed by atoms with Crippen molar-refractivity contribution in [2.75, 3.05) is 6.54 Å². The molecule has 2 aromatic heterocycles. The summed E-state index contributed by atoms with van der Waals surface area (Å²) in [6, 6.07) is 8.42. The van der Waals surface area contributed by atoms with Crippen molar-refractivity contribution in [1.82, 2.24) is 14.6 Å². The summed E-state index contributed by atoms with van der Waals surface area (Å²) < 4.78 is 28.1. The van der Waals surface area contributed by atoms with Crippen molar-refractivity contribution in [2.45, 2.75) is 43.4 Å². The number of rotatable bonds is 5. The van der Waals surface area contributed by atoms with Gasteiger partial charge in [0.1, 0.15) is 4.90 Å². The highest BCUT2D eigenvalue weighted by molar-refractivity contribution is 7.91. The molecule has 3 rings (SSSR count). The van der Waals surface area contributed by atoms with Gasteiger partial charge in [0, 0.05) is 11.4 Å². The molecule has 6 nitrogen and oxygen atoms in total. The normalized spacial score (nSPS) is 12.0. The molecule has 0 aliphatic rings. The molecule has 0 radical (unpaired) electrons. The van der Waals surface area contributed by atoms with Crippen molar-refractivity contribution in [3.63, 3.8) is 0 Å². The number of aromatic nitrogens is 3. The Labute approximate surface area is 147 Å². The Bertz CT molecular complexity index is 1020. The summed E-state index contributed by atoms with van der Waals surface area (Å²) in [5, 5.41) is 4.54. The zero-order chi connectivity index (χ0) is 18.2. The molecule has 0 aliphatic heterocycles. The highest BCUT2D eigenvalue weighted by Crippen LogP contribution is 2.29.